The van der Waals surface area contributed by atoms with Crippen molar-refractivity contribution in [1.82, 2.24) is 15.0 Å². The van der Waals surface area contributed by atoms with Gasteiger partial charge in [0.2, 0.25) is 0 Å². The minimum absolute atomic E-state index is 0. The summed E-state index contributed by atoms with van der Waals surface area (Å²) in [5.41, 5.74) is 2.84. The van der Waals surface area contributed by atoms with E-state index < -0.39 is 0 Å². The molecule has 0 bridgehead atoms. The predicted molar refractivity (Wildman–Crippen MR) is 77.0 cm³/mol. The molecule has 0 unspecified atom stereocenters. The number of nitrogens with zero attached hydrogens (tertiary/aromatic N) is 2. The van der Waals surface area contributed by atoms with E-state index in [2.05, 4.69) is 15.0 Å². The van der Waals surface area contributed by atoms with Gasteiger partial charge in [-0.05, 0) is 12.1 Å². The molecule has 4 aromatic rings. The van der Waals surface area contributed by atoms with Crippen LogP contribution in [-0.4, -0.2) is 15.0 Å². The number of imidazole rings is 1. The van der Waals surface area contributed by atoms with Crippen LogP contribution in [0.4, 0.5) is 0 Å². The fourth-order valence-corrected chi connectivity index (χ4v) is 1.83. The van der Waals surface area contributed by atoms with Gasteiger partial charge in [0, 0.05) is 6.20 Å². The van der Waals surface area contributed by atoms with Crippen molar-refractivity contribution in [1.29, 1.82) is 0 Å². The third-order valence-corrected chi connectivity index (χ3v) is 2.75. The molecule has 0 amide bonds. The van der Waals surface area contributed by atoms with Crippen molar-refractivity contribution in [3.8, 4) is 11.4 Å². The van der Waals surface area contributed by atoms with E-state index in [0.717, 1.165) is 22.6 Å². The van der Waals surface area contributed by atoms with Crippen LogP contribution in [0.2, 0.25) is 0 Å². The maximum absolute atomic E-state index is 4.39. The van der Waals surface area contributed by atoms with Crippen molar-refractivity contribution < 1.29 is 17.1 Å². The molecule has 0 saturated heterocycles. The number of hydrogen-bond acceptors (Lipinski definition) is 2. The van der Waals surface area contributed by atoms with Crippen LogP contribution in [0.1, 0.15) is 0 Å². The van der Waals surface area contributed by atoms with Crippen LogP contribution < -0.4 is 0 Å². The van der Waals surface area contributed by atoms with Crippen LogP contribution in [0.5, 0.6) is 0 Å². The van der Waals surface area contributed by atoms with E-state index in [0.29, 0.717) is 0 Å². The Morgan fingerprint density at radius 3 is 2.35 bits per heavy atom. The molecule has 0 saturated carbocycles. The predicted octanol–water partition coefficient (Wildman–Crippen LogP) is 3.75. The minimum atomic E-state index is 0. The number of aromatic nitrogens is 3. The molecule has 0 atom stereocenters. The third-order valence-electron chi connectivity index (χ3n) is 2.75. The fourth-order valence-electron chi connectivity index (χ4n) is 1.83. The zero-order chi connectivity index (χ0) is 12.9. The number of aromatic amines is 1. The second kappa shape index (κ2) is 6.85. The van der Waals surface area contributed by atoms with Gasteiger partial charge in [-0.25, -0.2) is 34.2 Å². The van der Waals surface area contributed by atoms with Gasteiger partial charge >= 0.3 is 17.1 Å². The monoisotopic (exact) mass is 303 g/mol. The standard InChI is InChI=1S/C11H8N3.C5H5.Fe/c1-2-5-8(4-1)10-13-9-6-3-7-12-11(9)14-10;1-2-4-5-3-1;/h1-7H,(H,12,13,14);1-5H;/q2*-1;+2. The second-order valence-corrected chi connectivity index (χ2v) is 4.10. The minimum Gasteiger partial charge on any atom is -0.347 e. The Kier molecular flexibility index (Phi) is 4.88. The zero-order valence-corrected chi connectivity index (χ0v) is 11.8. The SMILES string of the molecule is [Fe+2].c1cc[cH-]c1.c1cnc2nc(-[c-]3cccc3)[nH]c2c1. The van der Waals surface area contributed by atoms with E-state index in [1.165, 1.54) is 0 Å². The first kappa shape index (κ1) is 14.3. The summed E-state index contributed by atoms with van der Waals surface area (Å²) in [7, 11) is 0. The van der Waals surface area contributed by atoms with Gasteiger partial charge < -0.3 is 4.98 Å². The molecule has 1 N–H and O–H groups in total. The average Bonchev–Trinajstić information content (AvgIpc) is 3.20. The van der Waals surface area contributed by atoms with E-state index >= 15 is 0 Å². The van der Waals surface area contributed by atoms with Crippen molar-refractivity contribution in [2.24, 2.45) is 0 Å². The van der Waals surface area contributed by atoms with E-state index in [-0.39, 0.29) is 17.1 Å². The van der Waals surface area contributed by atoms with Gasteiger partial charge in [-0.1, -0.05) is 5.56 Å². The number of pyridine rings is 1. The fraction of sp³-hybridized carbons (Fsp3) is 0. The summed E-state index contributed by atoms with van der Waals surface area (Å²) in [4.78, 5) is 11.8. The molecule has 0 aliphatic rings. The van der Waals surface area contributed by atoms with Crippen LogP contribution in [0.3, 0.4) is 0 Å². The first-order valence-corrected chi connectivity index (χ1v) is 6.13. The summed E-state index contributed by atoms with van der Waals surface area (Å²) in [5, 5.41) is 0. The Bertz CT molecular complexity index is 674. The van der Waals surface area contributed by atoms with Gasteiger partial charge in [0.25, 0.3) is 0 Å². The molecule has 0 aliphatic carbocycles. The third kappa shape index (κ3) is 3.23. The van der Waals surface area contributed by atoms with Crippen molar-refractivity contribution in [2.45, 2.75) is 0 Å². The molecule has 2 aromatic heterocycles. The summed E-state index contributed by atoms with van der Waals surface area (Å²) in [6.07, 6.45) is 1.75. The molecule has 100 valence electrons. The van der Waals surface area contributed by atoms with Crippen molar-refractivity contribution in [3.05, 3.63) is 72.9 Å². The normalized spacial score (nSPS) is 9.60. The Morgan fingerprint density at radius 2 is 1.75 bits per heavy atom. The number of nitrogens with one attached hydrogen (secondary N) is 1. The Hall–Kier alpha value is -2.16. The summed E-state index contributed by atoms with van der Waals surface area (Å²) < 4.78 is 0. The number of rotatable bonds is 1. The molecule has 0 fully saturated rings. The Labute approximate surface area is 127 Å². The maximum Gasteiger partial charge on any atom is 2.00 e. The second-order valence-electron chi connectivity index (χ2n) is 4.10. The van der Waals surface area contributed by atoms with E-state index in [1.807, 2.05) is 66.7 Å². The van der Waals surface area contributed by atoms with E-state index in [1.54, 1.807) is 6.20 Å². The van der Waals surface area contributed by atoms with Gasteiger partial charge in [0.05, 0.1) is 11.3 Å². The number of hydrogen-bond donors (Lipinski definition) is 1. The maximum atomic E-state index is 4.39. The summed E-state index contributed by atoms with van der Waals surface area (Å²) in [5.74, 6) is 0.878. The smallest absolute Gasteiger partial charge is 0.347 e. The first-order valence-electron chi connectivity index (χ1n) is 6.13. The number of fused-ring (bicyclic) bond motifs is 1. The molecule has 0 aliphatic heterocycles. The van der Waals surface area contributed by atoms with Gasteiger partial charge in [-0.3, -0.25) is 0 Å². The first-order chi connectivity index (χ1) is 9.43. The molecular formula is C16H13FeN3. The molecule has 2 aromatic carbocycles. The summed E-state index contributed by atoms with van der Waals surface area (Å²) in [6.45, 7) is 0. The van der Waals surface area contributed by atoms with E-state index in [4.69, 9.17) is 0 Å². The van der Waals surface area contributed by atoms with Gasteiger partial charge in [-0.2, -0.15) is 30.3 Å². The molecular weight excluding hydrogens is 290 g/mol. The molecule has 0 spiro atoms. The van der Waals surface area contributed by atoms with Crippen LogP contribution in [-0.2, 0) is 17.1 Å². The van der Waals surface area contributed by atoms with Gasteiger partial charge in [0.1, 0.15) is 0 Å². The molecule has 0 radical (unpaired) electrons. The summed E-state index contributed by atoms with van der Waals surface area (Å²) in [6, 6.07) is 21.9. The van der Waals surface area contributed by atoms with Gasteiger partial charge in [-0.15, -0.1) is 0 Å². The Morgan fingerprint density at radius 1 is 1.00 bits per heavy atom. The van der Waals surface area contributed by atoms with Crippen molar-refractivity contribution >= 4 is 11.2 Å². The topological polar surface area (TPSA) is 41.6 Å². The zero-order valence-electron chi connectivity index (χ0n) is 10.7. The van der Waals surface area contributed by atoms with Crippen LogP contribution in [0.15, 0.2) is 72.9 Å². The molecule has 2 heterocycles. The number of H-pyrrole nitrogens is 1. The van der Waals surface area contributed by atoms with Crippen LogP contribution in [0.25, 0.3) is 22.6 Å². The molecule has 3 nitrogen and oxygen atoms in total. The van der Waals surface area contributed by atoms with Crippen LogP contribution >= 0.6 is 0 Å². The molecule has 4 rings (SSSR count). The largest absolute Gasteiger partial charge is 2.00 e. The Balaban J connectivity index is 0.000000210. The van der Waals surface area contributed by atoms with E-state index in [9.17, 15) is 0 Å². The van der Waals surface area contributed by atoms with Crippen molar-refractivity contribution in [2.75, 3.05) is 0 Å². The quantitative estimate of drug-likeness (QED) is 0.430. The van der Waals surface area contributed by atoms with Crippen LogP contribution in [0, 0.1) is 0 Å². The van der Waals surface area contributed by atoms with Gasteiger partial charge in [0.15, 0.2) is 5.65 Å². The van der Waals surface area contributed by atoms with Crippen molar-refractivity contribution in [3.63, 3.8) is 0 Å². The molecule has 4 heteroatoms. The molecule has 20 heavy (non-hydrogen) atoms. The summed E-state index contributed by atoms with van der Waals surface area (Å²) >= 11 is 0. The average molecular weight is 303 g/mol.